The van der Waals surface area contributed by atoms with Crippen molar-refractivity contribution in [2.45, 2.75) is 6.92 Å². The highest BCUT2D eigenvalue weighted by atomic mass is 32.1. The Kier molecular flexibility index (Phi) is 3.23. The third kappa shape index (κ3) is 2.18. The minimum absolute atomic E-state index is 0.692. The van der Waals surface area contributed by atoms with E-state index in [4.69, 9.17) is 4.74 Å². The summed E-state index contributed by atoms with van der Waals surface area (Å²) in [5.74, 6) is 2.27. The van der Waals surface area contributed by atoms with Crippen molar-refractivity contribution in [3.05, 3.63) is 29.4 Å². The first-order chi connectivity index (χ1) is 9.71. The molecule has 102 valence electrons. The summed E-state index contributed by atoms with van der Waals surface area (Å²) in [6.07, 6.45) is 1.81. The minimum atomic E-state index is 0.692. The number of aromatic nitrogens is 3. The van der Waals surface area contributed by atoms with Crippen molar-refractivity contribution in [2.24, 2.45) is 0 Å². The molecule has 1 N–H and O–H groups in total. The maximum absolute atomic E-state index is 5.25. The van der Waals surface area contributed by atoms with Gasteiger partial charge in [-0.1, -0.05) is 0 Å². The Bertz CT molecular complexity index is 769. The molecule has 3 aromatic rings. The molecule has 0 aliphatic rings. The monoisotopic (exact) mass is 286 g/mol. The molecule has 2 heterocycles. The SMILES string of the molecule is CNc1nc(-c2cnc(C)s2)nc2ccc(OC)cc12. The molecule has 0 aliphatic heterocycles. The number of rotatable bonds is 3. The van der Waals surface area contributed by atoms with E-state index in [0.29, 0.717) is 5.82 Å². The van der Waals surface area contributed by atoms with Gasteiger partial charge in [0, 0.05) is 18.6 Å². The van der Waals surface area contributed by atoms with Gasteiger partial charge in [0.1, 0.15) is 11.6 Å². The number of hydrogen-bond donors (Lipinski definition) is 1. The Balaban J connectivity index is 2.22. The summed E-state index contributed by atoms with van der Waals surface area (Å²) in [6, 6.07) is 5.77. The fourth-order valence-electron chi connectivity index (χ4n) is 2.00. The van der Waals surface area contributed by atoms with Crippen LogP contribution < -0.4 is 10.1 Å². The van der Waals surface area contributed by atoms with E-state index in [1.54, 1.807) is 18.4 Å². The average molecular weight is 286 g/mol. The van der Waals surface area contributed by atoms with Crippen LogP contribution in [0.25, 0.3) is 21.6 Å². The topological polar surface area (TPSA) is 59.9 Å². The summed E-state index contributed by atoms with van der Waals surface area (Å²) >= 11 is 1.59. The zero-order valence-electron chi connectivity index (χ0n) is 11.5. The van der Waals surface area contributed by atoms with Crippen LogP contribution in [0.2, 0.25) is 0 Å². The molecular formula is C14H14N4OS. The molecule has 3 rings (SSSR count). The van der Waals surface area contributed by atoms with Gasteiger partial charge in [-0.2, -0.15) is 0 Å². The number of ether oxygens (including phenoxy) is 1. The summed E-state index contributed by atoms with van der Waals surface area (Å²) in [5.41, 5.74) is 0.881. The smallest absolute Gasteiger partial charge is 0.173 e. The second-order valence-corrected chi connectivity index (χ2v) is 5.51. The number of nitrogens with zero attached hydrogens (tertiary/aromatic N) is 3. The van der Waals surface area contributed by atoms with E-state index in [9.17, 15) is 0 Å². The Morgan fingerprint density at radius 2 is 2.10 bits per heavy atom. The zero-order chi connectivity index (χ0) is 14.1. The van der Waals surface area contributed by atoms with Crippen LogP contribution in [0.15, 0.2) is 24.4 Å². The van der Waals surface area contributed by atoms with Crippen LogP contribution in [-0.4, -0.2) is 29.1 Å². The van der Waals surface area contributed by atoms with Gasteiger partial charge in [0.15, 0.2) is 5.82 Å². The van der Waals surface area contributed by atoms with E-state index < -0.39 is 0 Å². The quantitative estimate of drug-likeness (QED) is 0.801. The molecule has 0 fully saturated rings. The fourth-order valence-corrected chi connectivity index (χ4v) is 2.71. The summed E-state index contributed by atoms with van der Waals surface area (Å²) in [6.45, 7) is 1.97. The number of thiazole rings is 1. The van der Waals surface area contributed by atoms with Crippen molar-refractivity contribution < 1.29 is 4.74 Å². The lowest BCUT2D eigenvalue weighted by Gasteiger charge is -2.08. The predicted octanol–water partition coefficient (Wildman–Crippen LogP) is 3.11. The van der Waals surface area contributed by atoms with Gasteiger partial charge < -0.3 is 10.1 Å². The average Bonchev–Trinajstić information content (AvgIpc) is 2.92. The van der Waals surface area contributed by atoms with E-state index >= 15 is 0 Å². The maximum Gasteiger partial charge on any atom is 0.173 e. The number of aryl methyl sites for hydroxylation is 1. The highest BCUT2D eigenvalue weighted by Gasteiger charge is 2.11. The molecule has 0 bridgehead atoms. The lowest BCUT2D eigenvalue weighted by molar-refractivity contribution is 0.415. The summed E-state index contributed by atoms with van der Waals surface area (Å²) in [5, 5.41) is 5.06. The Labute approximate surface area is 120 Å². The van der Waals surface area contributed by atoms with Gasteiger partial charge in [-0.05, 0) is 25.1 Å². The largest absolute Gasteiger partial charge is 0.497 e. The summed E-state index contributed by atoms with van der Waals surface area (Å²) < 4.78 is 5.25. The van der Waals surface area contributed by atoms with Crippen LogP contribution in [0.1, 0.15) is 5.01 Å². The van der Waals surface area contributed by atoms with E-state index in [2.05, 4.69) is 20.3 Å². The number of nitrogens with one attached hydrogen (secondary N) is 1. The molecule has 5 nitrogen and oxygen atoms in total. The van der Waals surface area contributed by atoms with Crippen LogP contribution >= 0.6 is 11.3 Å². The second-order valence-electron chi connectivity index (χ2n) is 4.27. The highest BCUT2D eigenvalue weighted by Crippen LogP contribution is 2.29. The number of methoxy groups -OCH3 is 1. The van der Waals surface area contributed by atoms with Crippen molar-refractivity contribution in [3.8, 4) is 16.5 Å². The van der Waals surface area contributed by atoms with Crippen LogP contribution in [0.5, 0.6) is 5.75 Å². The molecule has 0 aliphatic carbocycles. The van der Waals surface area contributed by atoms with Gasteiger partial charge in [-0.25, -0.2) is 15.0 Å². The molecular weight excluding hydrogens is 272 g/mol. The summed E-state index contributed by atoms with van der Waals surface area (Å²) in [7, 11) is 3.50. The highest BCUT2D eigenvalue weighted by molar-refractivity contribution is 7.14. The van der Waals surface area contributed by atoms with Crippen molar-refractivity contribution in [3.63, 3.8) is 0 Å². The first-order valence-electron chi connectivity index (χ1n) is 6.17. The normalized spacial score (nSPS) is 10.8. The first kappa shape index (κ1) is 12.8. The van der Waals surface area contributed by atoms with Gasteiger partial charge in [-0.3, -0.25) is 0 Å². The van der Waals surface area contributed by atoms with E-state index in [1.807, 2.05) is 38.4 Å². The van der Waals surface area contributed by atoms with Gasteiger partial charge in [-0.15, -0.1) is 11.3 Å². The van der Waals surface area contributed by atoms with Crippen molar-refractivity contribution in [1.82, 2.24) is 15.0 Å². The molecule has 1 aromatic carbocycles. The van der Waals surface area contributed by atoms with Crippen LogP contribution in [-0.2, 0) is 0 Å². The van der Waals surface area contributed by atoms with Crippen molar-refractivity contribution >= 4 is 28.1 Å². The molecule has 0 amide bonds. The number of hydrogen-bond acceptors (Lipinski definition) is 6. The van der Waals surface area contributed by atoms with Gasteiger partial charge in [0.05, 0.1) is 22.5 Å². The standard InChI is InChI=1S/C14H14N4OS/c1-8-16-7-12(20-8)14-17-11-5-4-9(19-3)6-10(11)13(15-2)18-14/h4-7H,1-3H3,(H,15,17,18). The molecule has 2 aromatic heterocycles. The molecule has 0 saturated heterocycles. The van der Waals surface area contributed by atoms with Crippen LogP contribution in [0.3, 0.4) is 0 Å². The fraction of sp³-hybridized carbons (Fsp3) is 0.214. The lowest BCUT2D eigenvalue weighted by Crippen LogP contribution is -1.98. The number of benzene rings is 1. The van der Waals surface area contributed by atoms with Crippen LogP contribution in [0.4, 0.5) is 5.82 Å². The van der Waals surface area contributed by atoms with E-state index in [1.165, 1.54) is 0 Å². The predicted molar refractivity (Wildman–Crippen MR) is 81.5 cm³/mol. The number of anilines is 1. The van der Waals surface area contributed by atoms with Gasteiger partial charge in [0.25, 0.3) is 0 Å². The molecule has 6 heteroatoms. The third-order valence-electron chi connectivity index (χ3n) is 2.98. The van der Waals surface area contributed by atoms with Crippen molar-refractivity contribution in [1.29, 1.82) is 0 Å². The number of fused-ring (bicyclic) bond motifs is 1. The second kappa shape index (κ2) is 5.05. The molecule has 0 atom stereocenters. The van der Waals surface area contributed by atoms with E-state index in [-0.39, 0.29) is 0 Å². The van der Waals surface area contributed by atoms with Gasteiger partial charge >= 0.3 is 0 Å². The van der Waals surface area contributed by atoms with Gasteiger partial charge in [0.2, 0.25) is 0 Å². The molecule has 0 saturated carbocycles. The summed E-state index contributed by atoms with van der Waals surface area (Å²) in [4.78, 5) is 14.4. The molecule has 0 spiro atoms. The van der Waals surface area contributed by atoms with Crippen molar-refractivity contribution in [2.75, 3.05) is 19.5 Å². The third-order valence-corrected chi connectivity index (χ3v) is 3.89. The Morgan fingerprint density at radius 1 is 1.25 bits per heavy atom. The Hall–Kier alpha value is -2.21. The zero-order valence-corrected chi connectivity index (χ0v) is 12.3. The molecule has 0 radical (unpaired) electrons. The first-order valence-corrected chi connectivity index (χ1v) is 6.99. The Morgan fingerprint density at radius 3 is 2.75 bits per heavy atom. The van der Waals surface area contributed by atoms with E-state index in [0.717, 1.165) is 32.4 Å². The maximum atomic E-state index is 5.25. The minimum Gasteiger partial charge on any atom is -0.497 e. The molecule has 0 unspecified atom stereocenters. The molecule has 20 heavy (non-hydrogen) atoms. The lowest BCUT2D eigenvalue weighted by atomic mass is 10.2. The van der Waals surface area contributed by atoms with Crippen LogP contribution in [0, 0.1) is 6.92 Å².